The number of benzene rings is 2. The number of imidazole rings is 1. The zero-order valence-electron chi connectivity index (χ0n) is 15.8. The van der Waals surface area contributed by atoms with Gasteiger partial charge < -0.3 is 14.8 Å². The van der Waals surface area contributed by atoms with Crippen LogP contribution >= 0.6 is 27.3 Å². The lowest BCUT2D eigenvalue weighted by Crippen LogP contribution is -2.12. The summed E-state index contributed by atoms with van der Waals surface area (Å²) in [5, 5.41) is 4.91. The molecule has 148 valence electrons. The van der Waals surface area contributed by atoms with E-state index < -0.39 is 0 Å². The molecule has 2 heterocycles. The van der Waals surface area contributed by atoms with Crippen molar-refractivity contribution in [2.24, 2.45) is 0 Å². The Morgan fingerprint density at radius 1 is 1.28 bits per heavy atom. The third-order valence-corrected chi connectivity index (χ3v) is 5.67. The van der Waals surface area contributed by atoms with Crippen LogP contribution in [-0.4, -0.2) is 29.0 Å². The smallest absolute Gasteiger partial charge is 0.255 e. The molecule has 8 heteroatoms. The van der Waals surface area contributed by atoms with Gasteiger partial charge in [0.2, 0.25) is 0 Å². The molecule has 0 atom stereocenters. The number of hydrogen-bond donors (Lipinski definition) is 1. The molecule has 0 aliphatic heterocycles. The average molecular weight is 472 g/mol. The molecule has 0 bridgehead atoms. The fourth-order valence-electron chi connectivity index (χ4n) is 2.93. The number of amides is 1. The van der Waals surface area contributed by atoms with Gasteiger partial charge in [-0.15, -0.1) is 11.3 Å². The molecule has 2 aromatic heterocycles. The molecule has 0 aliphatic rings. The highest BCUT2D eigenvalue weighted by Gasteiger charge is 2.16. The third kappa shape index (κ3) is 3.99. The van der Waals surface area contributed by atoms with Crippen molar-refractivity contribution < 1.29 is 14.3 Å². The number of halogens is 1. The summed E-state index contributed by atoms with van der Waals surface area (Å²) in [6, 6.07) is 11.0. The molecule has 0 saturated heterocycles. The molecule has 1 N–H and O–H groups in total. The minimum absolute atomic E-state index is 0.234. The lowest BCUT2D eigenvalue weighted by Gasteiger charge is -2.13. The number of nitrogens with one attached hydrogen (secondary N) is 1. The second-order valence-corrected chi connectivity index (χ2v) is 7.90. The normalized spacial score (nSPS) is 10.9. The Morgan fingerprint density at radius 2 is 2.07 bits per heavy atom. The Labute approximate surface area is 180 Å². The van der Waals surface area contributed by atoms with E-state index in [0.717, 1.165) is 16.2 Å². The molecule has 0 radical (unpaired) electrons. The fourth-order valence-corrected chi connectivity index (χ4v) is 4.19. The topological polar surface area (TPSA) is 64.9 Å². The molecule has 2 aromatic carbocycles. The average Bonchev–Trinajstić information content (AvgIpc) is 3.32. The Balaban J connectivity index is 1.52. The molecule has 6 nitrogen and oxygen atoms in total. The highest BCUT2D eigenvalue weighted by atomic mass is 79.9. The predicted molar refractivity (Wildman–Crippen MR) is 118 cm³/mol. The number of rotatable bonds is 6. The molecule has 0 aliphatic carbocycles. The van der Waals surface area contributed by atoms with E-state index in [4.69, 9.17) is 9.47 Å². The van der Waals surface area contributed by atoms with Crippen molar-refractivity contribution in [3.05, 3.63) is 64.2 Å². The van der Waals surface area contributed by atoms with Crippen molar-refractivity contribution in [3.8, 4) is 22.8 Å². The van der Waals surface area contributed by atoms with Crippen molar-refractivity contribution in [2.75, 3.05) is 19.0 Å². The Hall–Kier alpha value is -2.84. The number of nitrogens with zero attached hydrogens (tertiary/aromatic N) is 2. The Kier molecular flexibility index (Phi) is 5.55. The summed E-state index contributed by atoms with van der Waals surface area (Å²) in [5.41, 5.74) is 3.05. The molecule has 1 amide bonds. The summed E-state index contributed by atoms with van der Waals surface area (Å²) in [7, 11) is 1.55. The van der Waals surface area contributed by atoms with Crippen molar-refractivity contribution in [1.82, 2.24) is 9.38 Å². The maximum Gasteiger partial charge on any atom is 0.255 e. The van der Waals surface area contributed by atoms with Gasteiger partial charge in [-0.3, -0.25) is 9.20 Å². The zero-order chi connectivity index (χ0) is 20.4. The fraction of sp³-hybridized carbons (Fsp3) is 0.143. The van der Waals surface area contributed by atoms with E-state index in [1.54, 1.807) is 30.6 Å². The lowest BCUT2D eigenvalue weighted by atomic mass is 10.1. The summed E-state index contributed by atoms with van der Waals surface area (Å²) in [6.45, 7) is 2.39. The molecular weight excluding hydrogens is 454 g/mol. The molecular formula is C21H18BrN3O3S. The number of carbonyl (C=O) groups excluding carboxylic acids is 1. The van der Waals surface area contributed by atoms with Crippen LogP contribution in [0.2, 0.25) is 0 Å². The Morgan fingerprint density at radius 3 is 2.76 bits per heavy atom. The molecule has 0 fully saturated rings. The van der Waals surface area contributed by atoms with Crippen LogP contribution in [0.4, 0.5) is 5.69 Å². The van der Waals surface area contributed by atoms with Gasteiger partial charge in [0.05, 0.1) is 23.9 Å². The SMILES string of the molecule is CCOc1c(Br)cc(C(=O)Nc2ccc(-c3cn4ccsc4n3)cc2)cc1OC. The first-order valence-corrected chi connectivity index (χ1v) is 10.6. The van der Waals surface area contributed by atoms with Crippen LogP contribution in [0.25, 0.3) is 16.2 Å². The van der Waals surface area contributed by atoms with Gasteiger partial charge in [0.25, 0.3) is 5.91 Å². The molecule has 4 aromatic rings. The van der Waals surface area contributed by atoms with Crippen LogP contribution in [0.3, 0.4) is 0 Å². The van der Waals surface area contributed by atoms with E-state index in [1.807, 2.05) is 53.4 Å². The quantitative estimate of drug-likeness (QED) is 0.404. The summed E-state index contributed by atoms with van der Waals surface area (Å²) in [6.07, 6.45) is 3.97. The number of anilines is 1. The summed E-state index contributed by atoms with van der Waals surface area (Å²) >= 11 is 5.04. The van der Waals surface area contributed by atoms with E-state index in [0.29, 0.717) is 33.8 Å². The molecule has 4 rings (SSSR count). The van der Waals surface area contributed by atoms with Crippen LogP contribution in [0.15, 0.2) is 58.6 Å². The van der Waals surface area contributed by atoms with E-state index in [-0.39, 0.29) is 5.91 Å². The molecule has 0 spiro atoms. The van der Waals surface area contributed by atoms with Gasteiger partial charge in [0.1, 0.15) is 0 Å². The molecule has 0 unspecified atom stereocenters. The van der Waals surface area contributed by atoms with Gasteiger partial charge >= 0.3 is 0 Å². The van der Waals surface area contributed by atoms with Crippen LogP contribution in [0, 0.1) is 0 Å². The van der Waals surface area contributed by atoms with Crippen LogP contribution in [0.1, 0.15) is 17.3 Å². The second kappa shape index (κ2) is 8.26. The van der Waals surface area contributed by atoms with Gasteiger partial charge in [-0.2, -0.15) is 0 Å². The van der Waals surface area contributed by atoms with E-state index in [2.05, 4.69) is 26.2 Å². The minimum atomic E-state index is -0.234. The first-order valence-electron chi connectivity index (χ1n) is 8.93. The molecule has 29 heavy (non-hydrogen) atoms. The van der Waals surface area contributed by atoms with Crippen molar-refractivity contribution >= 4 is 43.8 Å². The van der Waals surface area contributed by atoms with E-state index in [9.17, 15) is 4.79 Å². The van der Waals surface area contributed by atoms with Crippen LogP contribution in [-0.2, 0) is 0 Å². The summed E-state index contributed by atoms with van der Waals surface area (Å²) in [4.78, 5) is 18.2. The first kappa shape index (κ1) is 19.5. The van der Waals surface area contributed by atoms with Gasteiger partial charge in [0, 0.05) is 34.6 Å². The number of fused-ring (bicyclic) bond motifs is 1. The summed E-state index contributed by atoms with van der Waals surface area (Å²) < 4.78 is 13.6. The highest BCUT2D eigenvalue weighted by Crippen LogP contribution is 2.37. The maximum atomic E-state index is 12.7. The number of thiazole rings is 1. The highest BCUT2D eigenvalue weighted by molar-refractivity contribution is 9.10. The van der Waals surface area contributed by atoms with Crippen molar-refractivity contribution in [2.45, 2.75) is 6.92 Å². The van der Waals surface area contributed by atoms with E-state index >= 15 is 0 Å². The number of aromatic nitrogens is 2. The first-order chi connectivity index (χ1) is 14.1. The van der Waals surface area contributed by atoms with Gasteiger partial charge in [-0.05, 0) is 47.1 Å². The third-order valence-electron chi connectivity index (χ3n) is 4.31. The lowest BCUT2D eigenvalue weighted by molar-refractivity contribution is 0.102. The van der Waals surface area contributed by atoms with Gasteiger partial charge in [-0.1, -0.05) is 12.1 Å². The summed E-state index contributed by atoms with van der Waals surface area (Å²) in [5.74, 6) is 0.847. The maximum absolute atomic E-state index is 12.7. The minimum Gasteiger partial charge on any atom is -0.493 e. The number of methoxy groups -OCH3 is 1. The second-order valence-electron chi connectivity index (χ2n) is 6.17. The van der Waals surface area contributed by atoms with Crippen molar-refractivity contribution in [3.63, 3.8) is 0 Å². The number of hydrogen-bond acceptors (Lipinski definition) is 5. The van der Waals surface area contributed by atoms with Gasteiger partial charge in [-0.25, -0.2) is 4.98 Å². The Bertz CT molecular complexity index is 1140. The number of carbonyl (C=O) groups is 1. The zero-order valence-corrected chi connectivity index (χ0v) is 18.2. The van der Waals surface area contributed by atoms with Crippen LogP contribution in [0.5, 0.6) is 11.5 Å². The largest absolute Gasteiger partial charge is 0.493 e. The van der Waals surface area contributed by atoms with Gasteiger partial charge in [0.15, 0.2) is 16.5 Å². The predicted octanol–water partition coefficient (Wildman–Crippen LogP) is 5.48. The standard InChI is InChI=1S/C21H18BrN3O3S/c1-3-28-19-16(22)10-14(11-18(19)27-2)20(26)23-15-6-4-13(5-7-15)17-12-25-8-9-29-21(25)24-17/h4-12H,3H2,1-2H3,(H,23,26). The number of ether oxygens (including phenoxy) is 2. The van der Waals surface area contributed by atoms with E-state index in [1.165, 1.54) is 0 Å². The van der Waals surface area contributed by atoms with Crippen LogP contribution < -0.4 is 14.8 Å². The molecule has 0 saturated carbocycles. The van der Waals surface area contributed by atoms with Crippen molar-refractivity contribution in [1.29, 1.82) is 0 Å². The monoisotopic (exact) mass is 471 g/mol.